The number of piperidine rings is 1. The maximum absolute atomic E-state index is 13.4. The molecule has 1 aromatic heterocycles. The Morgan fingerprint density at radius 1 is 1.03 bits per heavy atom. The van der Waals surface area contributed by atoms with E-state index in [2.05, 4.69) is 32.0 Å². The van der Waals surface area contributed by atoms with Crippen LogP contribution in [0.4, 0.5) is 4.79 Å². The molecule has 0 unspecified atom stereocenters. The second-order valence-corrected chi connectivity index (χ2v) is 9.83. The van der Waals surface area contributed by atoms with Gasteiger partial charge in [0, 0.05) is 31.4 Å². The fourth-order valence-electron chi connectivity index (χ4n) is 5.06. The first-order chi connectivity index (χ1) is 15.5. The van der Waals surface area contributed by atoms with Gasteiger partial charge in [-0.25, -0.2) is 0 Å². The highest BCUT2D eigenvalue weighted by Crippen LogP contribution is 2.44. The number of carbonyl (C=O) groups excluding carboxylic acids is 3. The highest BCUT2D eigenvalue weighted by atomic mass is 32.2. The summed E-state index contributed by atoms with van der Waals surface area (Å²) in [5.41, 5.74) is 3.47. The van der Waals surface area contributed by atoms with Crippen molar-refractivity contribution in [2.24, 2.45) is 0 Å². The summed E-state index contributed by atoms with van der Waals surface area (Å²) in [5.74, 6) is 1.00. The van der Waals surface area contributed by atoms with Crippen LogP contribution >= 0.6 is 11.8 Å². The van der Waals surface area contributed by atoms with Gasteiger partial charge in [-0.05, 0) is 55.5 Å². The number of aryl methyl sites for hydroxylation is 2. The van der Waals surface area contributed by atoms with Crippen LogP contribution in [0.3, 0.4) is 0 Å². The second-order valence-electron chi connectivity index (χ2n) is 8.79. The van der Waals surface area contributed by atoms with E-state index in [9.17, 15) is 14.4 Å². The summed E-state index contributed by atoms with van der Waals surface area (Å²) in [5, 5.41) is -0.00398. The largest absolute Gasteiger partial charge is 0.459 e. The van der Waals surface area contributed by atoms with E-state index >= 15 is 0 Å². The Bertz CT molecular complexity index is 1050. The minimum atomic E-state index is -0.428. The minimum Gasteiger partial charge on any atom is -0.459 e. The fourth-order valence-corrected chi connectivity index (χ4v) is 5.89. The van der Waals surface area contributed by atoms with Crippen LogP contribution in [0.1, 0.15) is 46.1 Å². The van der Waals surface area contributed by atoms with Crippen LogP contribution in [-0.4, -0.2) is 69.2 Å². The van der Waals surface area contributed by atoms with Crippen LogP contribution in [-0.2, 0) is 4.79 Å². The number of hydrogen-bond acceptors (Lipinski definition) is 5. The molecule has 3 fully saturated rings. The maximum Gasteiger partial charge on any atom is 0.289 e. The molecule has 3 aliphatic rings. The van der Waals surface area contributed by atoms with Gasteiger partial charge < -0.3 is 19.1 Å². The van der Waals surface area contributed by atoms with Gasteiger partial charge in [-0.15, -0.1) is 0 Å². The molecular formula is C24H27N3O4S. The normalized spacial score (nSPS) is 24.2. The van der Waals surface area contributed by atoms with E-state index < -0.39 is 6.04 Å². The summed E-state index contributed by atoms with van der Waals surface area (Å²) >= 11 is 1.29. The summed E-state index contributed by atoms with van der Waals surface area (Å²) in [4.78, 5) is 43.9. The summed E-state index contributed by atoms with van der Waals surface area (Å²) in [6.07, 6.45) is 2.94. The van der Waals surface area contributed by atoms with Gasteiger partial charge >= 0.3 is 0 Å². The van der Waals surface area contributed by atoms with Crippen molar-refractivity contribution in [2.45, 2.75) is 44.8 Å². The molecule has 8 heteroatoms. The third-order valence-corrected chi connectivity index (χ3v) is 7.85. The predicted octanol–water partition coefficient (Wildman–Crippen LogP) is 3.62. The lowest BCUT2D eigenvalue weighted by Crippen LogP contribution is -2.69. The zero-order valence-corrected chi connectivity index (χ0v) is 19.1. The first kappa shape index (κ1) is 21.1. The van der Waals surface area contributed by atoms with E-state index in [1.165, 1.54) is 29.2 Å². The second kappa shape index (κ2) is 8.31. The molecule has 2 aromatic rings. The van der Waals surface area contributed by atoms with Crippen molar-refractivity contribution in [1.82, 2.24) is 14.7 Å². The Balaban J connectivity index is 1.36. The van der Waals surface area contributed by atoms with Gasteiger partial charge in [-0.3, -0.25) is 14.4 Å². The summed E-state index contributed by atoms with van der Waals surface area (Å²) in [6, 6.07) is 9.20. The van der Waals surface area contributed by atoms with E-state index in [1.54, 1.807) is 21.9 Å². The molecule has 168 valence electrons. The van der Waals surface area contributed by atoms with Crippen molar-refractivity contribution in [2.75, 3.05) is 25.4 Å². The van der Waals surface area contributed by atoms with Crippen molar-refractivity contribution >= 4 is 28.8 Å². The third-order valence-electron chi connectivity index (χ3n) is 6.98. The Morgan fingerprint density at radius 3 is 2.44 bits per heavy atom. The van der Waals surface area contributed by atoms with E-state index in [0.717, 1.165) is 24.2 Å². The van der Waals surface area contributed by atoms with Gasteiger partial charge in [0.05, 0.1) is 12.3 Å². The molecule has 7 nitrogen and oxygen atoms in total. The minimum absolute atomic E-state index is 0.00398. The number of rotatable bonds is 4. The first-order valence-corrected chi connectivity index (χ1v) is 12.1. The lowest BCUT2D eigenvalue weighted by Gasteiger charge is -2.55. The van der Waals surface area contributed by atoms with Crippen LogP contribution < -0.4 is 0 Å². The Kier molecular flexibility index (Phi) is 5.49. The molecule has 5 rings (SSSR count). The third kappa shape index (κ3) is 3.50. The van der Waals surface area contributed by atoms with Crippen LogP contribution in [0.25, 0.3) is 0 Å². The Labute approximate surface area is 191 Å². The van der Waals surface area contributed by atoms with Gasteiger partial charge in [0.15, 0.2) is 5.76 Å². The number of β-lactam (4-membered cyclic amide) rings is 1. The number of hydrogen-bond donors (Lipinski definition) is 0. The summed E-state index contributed by atoms with van der Waals surface area (Å²) < 4.78 is 5.25. The molecule has 4 heterocycles. The zero-order chi connectivity index (χ0) is 22.4. The topological polar surface area (TPSA) is 74.1 Å². The molecule has 2 atom stereocenters. The highest BCUT2D eigenvalue weighted by molar-refractivity contribution is 8.13. The van der Waals surface area contributed by atoms with Crippen molar-refractivity contribution < 1.29 is 18.8 Å². The van der Waals surface area contributed by atoms with Crippen molar-refractivity contribution in [3.05, 3.63) is 59.0 Å². The maximum atomic E-state index is 13.4. The molecule has 3 amide bonds. The van der Waals surface area contributed by atoms with E-state index in [4.69, 9.17) is 4.42 Å². The molecule has 1 aromatic carbocycles. The molecule has 0 spiro atoms. The molecule has 0 N–H and O–H groups in total. The molecule has 3 saturated heterocycles. The van der Waals surface area contributed by atoms with E-state index in [0.29, 0.717) is 25.4 Å². The number of benzene rings is 1. The predicted molar refractivity (Wildman–Crippen MR) is 121 cm³/mol. The van der Waals surface area contributed by atoms with Crippen LogP contribution in [0.15, 0.2) is 41.0 Å². The average Bonchev–Trinajstić information content (AvgIpc) is 3.47. The van der Waals surface area contributed by atoms with E-state index in [1.807, 2.05) is 4.90 Å². The van der Waals surface area contributed by atoms with Gasteiger partial charge in [-0.1, -0.05) is 30.0 Å². The van der Waals surface area contributed by atoms with E-state index in [-0.39, 0.29) is 29.1 Å². The standard InChI is InChI=1S/C24H27N3O4S/c1-15-5-6-17(14-16(15)2)20-21(26-11-13-32-24(26)30)23(29)27(20)18-7-9-25(10-8-18)22(28)19-4-3-12-31-19/h3-6,12,14,18,20-21H,7-11,13H2,1-2H3/t20-,21-/m0/s1. The van der Waals surface area contributed by atoms with Gasteiger partial charge in [0.25, 0.3) is 11.1 Å². The average molecular weight is 454 g/mol. The summed E-state index contributed by atoms with van der Waals surface area (Å²) in [6.45, 7) is 5.93. The number of thioether (sulfide) groups is 1. The lowest BCUT2D eigenvalue weighted by atomic mass is 9.83. The van der Waals surface area contributed by atoms with Crippen LogP contribution in [0, 0.1) is 13.8 Å². The number of furan rings is 1. The lowest BCUT2D eigenvalue weighted by molar-refractivity contribution is -0.163. The van der Waals surface area contributed by atoms with Crippen LogP contribution in [0.5, 0.6) is 0 Å². The molecule has 0 bridgehead atoms. The SMILES string of the molecule is Cc1ccc([C@H]2[C@H](N3CCSC3=O)C(=O)N2C2CCN(C(=O)c3ccco3)CC2)cc1C. The van der Waals surface area contributed by atoms with Crippen molar-refractivity contribution in [3.8, 4) is 0 Å². The highest BCUT2D eigenvalue weighted by Gasteiger charge is 2.55. The molecule has 0 radical (unpaired) electrons. The quantitative estimate of drug-likeness (QED) is 0.661. The molecule has 0 saturated carbocycles. The number of carbonyl (C=O) groups is 3. The van der Waals surface area contributed by atoms with Crippen molar-refractivity contribution in [3.63, 3.8) is 0 Å². The molecule has 32 heavy (non-hydrogen) atoms. The van der Waals surface area contributed by atoms with Gasteiger partial charge in [0.1, 0.15) is 6.04 Å². The smallest absolute Gasteiger partial charge is 0.289 e. The van der Waals surface area contributed by atoms with Gasteiger partial charge in [-0.2, -0.15) is 0 Å². The zero-order valence-electron chi connectivity index (χ0n) is 18.3. The number of nitrogens with zero attached hydrogens (tertiary/aromatic N) is 3. The molecule has 3 aliphatic heterocycles. The number of likely N-dealkylation sites (tertiary alicyclic amines) is 2. The van der Waals surface area contributed by atoms with Crippen molar-refractivity contribution in [1.29, 1.82) is 0 Å². The van der Waals surface area contributed by atoms with Crippen LogP contribution in [0.2, 0.25) is 0 Å². The first-order valence-electron chi connectivity index (χ1n) is 11.1. The Morgan fingerprint density at radius 2 is 1.81 bits per heavy atom. The molecule has 0 aliphatic carbocycles. The monoisotopic (exact) mass is 453 g/mol. The molecular weight excluding hydrogens is 426 g/mol. The number of amides is 3. The fraction of sp³-hybridized carbons (Fsp3) is 0.458. The Hall–Kier alpha value is -2.74. The summed E-state index contributed by atoms with van der Waals surface area (Å²) in [7, 11) is 0. The van der Waals surface area contributed by atoms with Gasteiger partial charge in [0.2, 0.25) is 5.91 Å².